The molecule has 64 valence electrons. The van der Waals surface area contributed by atoms with Crippen LogP contribution in [0.1, 0.15) is 19.8 Å². The number of ether oxygens (including phenoxy) is 2. The summed E-state index contributed by atoms with van der Waals surface area (Å²) in [5, 5.41) is 0. The topological polar surface area (TPSA) is 35.5 Å². The molecule has 4 heteroatoms. The third kappa shape index (κ3) is 2.71. The van der Waals surface area contributed by atoms with E-state index in [0.717, 1.165) is 12.8 Å². The summed E-state index contributed by atoms with van der Waals surface area (Å²) in [5.74, 6) is -0.264. The van der Waals surface area contributed by atoms with Gasteiger partial charge in [0.15, 0.2) is 0 Å². The Kier molecular flexibility index (Phi) is 3.20. The van der Waals surface area contributed by atoms with E-state index in [0.29, 0.717) is 6.61 Å². The standard InChI is InChI=1S/C7H12O3S/c1-5(8)10-6-3-2-4-9-7(6)11/h6-7,11H,2-4H2,1H3/t6-,7-/m0/s1. The maximum absolute atomic E-state index is 10.5. The molecule has 2 atom stereocenters. The van der Waals surface area contributed by atoms with Gasteiger partial charge in [0.25, 0.3) is 0 Å². The molecule has 0 aliphatic carbocycles. The van der Waals surface area contributed by atoms with E-state index in [1.807, 2.05) is 0 Å². The van der Waals surface area contributed by atoms with Gasteiger partial charge in [0, 0.05) is 13.5 Å². The second-order valence-corrected chi connectivity index (χ2v) is 3.06. The molecule has 0 aromatic rings. The summed E-state index contributed by atoms with van der Waals surface area (Å²) in [6, 6.07) is 0. The van der Waals surface area contributed by atoms with Crippen LogP contribution in [0.5, 0.6) is 0 Å². The predicted molar refractivity (Wildman–Crippen MR) is 43.5 cm³/mol. The fourth-order valence-electron chi connectivity index (χ4n) is 1.07. The molecule has 0 aromatic heterocycles. The van der Waals surface area contributed by atoms with Gasteiger partial charge >= 0.3 is 5.97 Å². The Morgan fingerprint density at radius 1 is 1.73 bits per heavy atom. The van der Waals surface area contributed by atoms with Crippen LogP contribution in [0.2, 0.25) is 0 Å². The Morgan fingerprint density at radius 2 is 2.45 bits per heavy atom. The highest BCUT2D eigenvalue weighted by Gasteiger charge is 2.24. The van der Waals surface area contributed by atoms with Gasteiger partial charge in [-0.15, -0.1) is 12.6 Å². The molecule has 0 bridgehead atoms. The Balaban J connectivity index is 2.35. The minimum Gasteiger partial charge on any atom is -0.459 e. The summed E-state index contributed by atoms with van der Waals surface area (Å²) >= 11 is 4.13. The van der Waals surface area contributed by atoms with Crippen molar-refractivity contribution in [1.82, 2.24) is 0 Å². The minimum atomic E-state index is -0.264. The first-order valence-electron chi connectivity index (χ1n) is 3.67. The summed E-state index contributed by atoms with van der Waals surface area (Å²) < 4.78 is 10.1. The number of hydrogen-bond acceptors (Lipinski definition) is 4. The molecular formula is C7H12O3S. The average molecular weight is 176 g/mol. The van der Waals surface area contributed by atoms with E-state index in [-0.39, 0.29) is 17.5 Å². The van der Waals surface area contributed by atoms with Crippen molar-refractivity contribution in [1.29, 1.82) is 0 Å². The normalized spacial score (nSPS) is 31.5. The van der Waals surface area contributed by atoms with Crippen LogP contribution in [0.15, 0.2) is 0 Å². The summed E-state index contributed by atoms with van der Waals surface area (Å²) in [5.41, 5.74) is -0.243. The fourth-order valence-corrected chi connectivity index (χ4v) is 1.38. The van der Waals surface area contributed by atoms with Crippen molar-refractivity contribution < 1.29 is 14.3 Å². The van der Waals surface area contributed by atoms with Crippen molar-refractivity contribution in [2.24, 2.45) is 0 Å². The molecule has 1 heterocycles. The zero-order chi connectivity index (χ0) is 8.27. The van der Waals surface area contributed by atoms with Crippen LogP contribution >= 0.6 is 12.6 Å². The zero-order valence-electron chi connectivity index (χ0n) is 6.45. The minimum absolute atomic E-state index is 0.162. The first-order chi connectivity index (χ1) is 5.20. The molecule has 0 spiro atoms. The van der Waals surface area contributed by atoms with E-state index in [9.17, 15) is 4.79 Å². The lowest BCUT2D eigenvalue weighted by atomic mass is 10.2. The van der Waals surface area contributed by atoms with Crippen molar-refractivity contribution in [2.75, 3.05) is 6.61 Å². The van der Waals surface area contributed by atoms with Crippen LogP contribution in [-0.2, 0) is 14.3 Å². The van der Waals surface area contributed by atoms with Gasteiger partial charge in [-0.05, 0) is 12.8 Å². The van der Waals surface area contributed by atoms with E-state index in [2.05, 4.69) is 12.6 Å². The number of hydrogen-bond donors (Lipinski definition) is 1. The molecule has 1 saturated heterocycles. The highest BCUT2D eigenvalue weighted by Crippen LogP contribution is 2.19. The van der Waals surface area contributed by atoms with Crippen LogP contribution in [0.25, 0.3) is 0 Å². The number of rotatable bonds is 1. The van der Waals surface area contributed by atoms with Gasteiger partial charge in [-0.1, -0.05) is 0 Å². The first kappa shape index (κ1) is 8.87. The number of carbonyl (C=O) groups is 1. The lowest BCUT2D eigenvalue weighted by Crippen LogP contribution is -2.33. The summed E-state index contributed by atoms with van der Waals surface area (Å²) in [7, 11) is 0. The van der Waals surface area contributed by atoms with Gasteiger partial charge in [-0.2, -0.15) is 0 Å². The van der Waals surface area contributed by atoms with E-state index in [1.54, 1.807) is 0 Å². The third-order valence-electron chi connectivity index (χ3n) is 1.56. The fraction of sp³-hybridized carbons (Fsp3) is 0.857. The Morgan fingerprint density at radius 3 is 3.00 bits per heavy atom. The molecule has 11 heavy (non-hydrogen) atoms. The largest absolute Gasteiger partial charge is 0.459 e. The predicted octanol–water partition coefficient (Wildman–Crippen LogP) is 0.984. The highest BCUT2D eigenvalue weighted by atomic mass is 32.1. The highest BCUT2D eigenvalue weighted by molar-refractivity contribution is 7.80. The van der Waals surface area contributed by atoms with Gasteiger partial charge in [0.1, 0.15) is 11.5 Å². The Bertz CT molecular complexity index is 149. The molecule has 1 rings (SSSR count). The maximum Gasteiger partial charge on any atom is 0.303 e. The molecular weight excluding hydrogens is 164 g/mol. The summed E-state index contributed by atoms with van der Waals surface area (Å²) in [4.78, 5) is 10.5. The van der Waals surface area contributed by atoms with Crippen LogP contribution in [0, 0.1) is 0 Å². The summed E-state index contributed by atoms with van der Waals surface area (Å²) in [6.07, 6.45) is 1.63. The third-order valence-corrected chi connectivity index (χ3v) is 2.04. The van der Waals surface area contributed by atoms with E-state index < -0.39 is 0 Å². The SMILES string of the molecule is CC(=O)O[C@H]1CCCO[C@H]1S. The van der Waals surface area contributed by atoms with E-state index >= 15 is 0 Å². The second kappa shape index (κ2) is 3.97. The van der Waals surface area contributed by atoms with Gasteiger partial charge in [-0.25, -0.2) is 0 Å². The van der Waals surface area contributed by atoms with Crippen molar-refractivity contribution in [2.45, 2.75) is 31.3 Å². The van der Waals surface area contributed by atoms with Gasteiger partial charge < -0.3 is 9.47 Å². The van der Waals surface area contributed by atoms with E-state index in [1.165, 1.54) is 6.92 Å². The smallest absolute Gasteiger partial charge is 0.303 e. The average Bonchev–Trinajstić information content (AvgIpc) is 1.93. The molecule has 0 N–H and O–H groups in total. The molecule has 0 saturated carbocycles. The van der Waals surface area contributed by atoms with Gasteiger partial charge in [0.05, 0.1) is 0 Å². The molecule has 0 aromatic carbocycles. The van der Waals surface area contributed by atoms with Crippen LogP contribution in [-0.4, -0.2) is 24.1 Å². The Labute approximate surface area is 71.5 Å². The maximum atomic E-state index is 10.5. The molecule has 1 aliphatic rings. The first-order valence-corrected chi connectivity index (χ1v) is 4.18. The van der Waals surface area contributed by atoms with Crippen LogP contribution in [0.4, 0.5) is 0 Å². The van der Waals surface area contributed by atoms with Crippen molar-refractivity contribution in [3.8, 4) is 0 Å². The van der Waals surface area contributed by atoms with E-state index in [4.69, 9.17) is 9.47 Å². The monoisotopic (exact) mass is 176 g/mol. The Hall–Kier alpha value is -0.220. The quantitative estimate of drug-likeness (QED) is 0.478. The summed E-state index contributed by atoms with van der Waals surface area (Å²) in [6.45, 7) is 2.11. The molecule has 3 nitrogen and oxygen atoms in total. The molecule has 1 fully saturated rings. The molecule has 0 radical (unpaired) electrons. The van der Waals surface area contributed by atoms with Crippen molar-refractivity contribution in [3.05, 3.63) is 0 Å². The van der Waals surface area contributed by atoms with Crippen LogP contribution in [0.3, 0.4) is 0 Å². The number of carbonyl (C=O) groups excluding carboxylic acids is 1. The number of esters is 1. The zero-order valence-corrected chi connectivity index (χ0v) is 7.34. The lowest BCUT2D eigenvalue weighted by molar-refractivity contribution is -0.154. The van der Waals surface area contributed by atoms with Crippen molar-refractivity contribution >= 4 is 18.6 Å². The second-order valence-electron chi connectivity index (χ2n) is 2.55. The molecule has 0 unspecified atom stereocenters. The molecule has 0 amide bonds. The molecule has 1 aliphatic heterocycles. The van der Waals surface area contributed by atoms with Crippen LogP contribution < -0.4 is 0 Å². The van der Waals surface area contributed by atoms with Crippen molar-refractivity contribution in [3.63, 3.8) is 0 Å². The van der Waals surface area contributed by atoms with Gasteiger partial charge in [0.2, 0.25) is 0 Å². The number of thiol groups is 1. The lowest BCUT2D eigenvalue weighted by Gasteiger charge is -2.27. The van der Waals surface area contributed by atoms with Gasteiger partial charge in [-0.3, -0.25) is 4.79 Å².